The highest BCUT2D eigenvalue weighted by atomic mass is 15.2. The Labute approximate surface area is 94.4 Å². The molecule has 88 valence electrons. The molecule has 2 rings (SSSR count). The maximum atomic E-state index is 3.57. The molecule has 3 unspecified atom stereocenters. The number of nitrogens with zero attached hydrogens (tertiary/aromatic N) is 1. The fourth-order valence-electron chi connectivity index (χ4n) is 2.83. The van der Waals surface area contributed by atoms with Gasteiger partial charge < -0.3 is 5.32 Å². The van der Waals surface area contributed by atoms with Crippen LogP contribution in [0, 0.1) is 5.92 Å². The summed E-state index contributed by atoms with van der Waals surface area (Å²) in [6.07, 6.45) is 5.76. The Morgan fingerprint density at radius 2 is 2.07 bits per heavy atom. The van der Waals surface area contributed by atoms with Gasteiger partial charge in [-0.1, -0.05) is 19.8 Å². The van der Waals surface area contributed by atoms with Crippen LogP contribution >= 0.6 is 0 Å². The summed E-state index contributed by atoms with van der Waals surface area (Å²) in [5.74, 6) is 1.06. The molecule has 3 atom stereocenters. The topological polar surface area (TPSA) is 15.3 Å². The summed E-state index contributed by atoms with van der Waals surface area (Å²) in [7, 11) is 0. The van der Waals surface area contributed by atoms with Crippen molar-refractivity contribution >= 4 is 0 Å². The zero-order chi connectivity index (χ0) is 10.8. The lowest BCUT2D eigenvalue weighted by atomic mass is 10.0. The predicted molar refractivity (Wildman–Crippen MR) is 65.1 cm³/mol. The zero-order valence-electron chi connectivity index (χ0n) is 10.5. The van der Waals surface area contributed by atoms with E-state index in [1.165, 1.54) is 38.8 Å². The Kier molecular flexibility index (Phi) is 3.68. The smallest absolute Gasteiger partial charge is 0.0196 e. The van der Waals surface area contributed by atoms with Crippen LogP contribution in [-0.4, -0.2) is 36.1 Å². The van der Waals surface area contributed by atoms with E-state index in [1.807, 2.05) is 0 Å². The van der Waals surface area contributed by atoms with E-state index < -0.39 is 0 Å². The van der Waals surface area contributed by atoms with Crippen LogP contribution in [0.2, 0.25) is 0 Å². The first-order valence-corrected chi connectivity index (χ1v) is 6.69. The first-order chi connectivity index (χ1) is 7.20. The molecule has 0 aromatic heterocycles. The molecule has 1 N–H and O–H groups in total. The van der Waals surface area contributed by atoms with Crippen molar-refractivity contribution in [3.63, 3.8) is 0 Å². The molecule has 0 amide bonds. The first kappa shape index (κ1) is 11.4. The predicted octanol–water partition coefficient (Wildman–Crippen LogP) is 2.25. The van der Waals surface area contributed by atoms with Crippen molar-refractivity contribution in [3.8, 4) is 0 Å². The minimum atomic E-state index is 0.675. The average molecular weight is 210 g/mol. The minimum Gasteiger partial charge on any atom is -0.311 e. The molecule has 2 aliphatic rings. The molecule has 2 fully saturated rings. The lowest BCUT2D eigenvalue weighted by Gasteiger charge is -2.42. The van der Waals surface area contributed by atoms with Crippen molar-refractivity contribution in [2.45, 2.75) is 64.6 Å². The van der Waals surface area contributed by atoms with E-state index >= 15 is 0 Å². The standard InChI is InChI=1S/C13H26N2/c1-4-13(7-12-5-6-12)15-9-10(2)14-8-11(15)3/h10-14H,4-9H2,1-3H3. The van der Waals surface area contributed by atoms with Gasteiger partial charge in [-0.05, 0) is 32.6 Å². The number of nitrogens with one attached hydrogen (secondary N) is 1. The lowest BCUT2D eigenvalue weighted by Crippen LogP contribution is -2.57. The Balaban J connectivity index is 1.91. The molecule has 15 heavy (non-hydrogen) atoms. The molecule has 0 radical (unpaired) electrons. The van der Waals surface area contributed by atoms with Gasteiger partial charge in [0, 0.05) is 31.2 Å². The molecule has 0 spiro atoms. The van der Waals surface area contributed by atoms with E-state index in [0.29, 0.717) is 6.04 Å². The largest absolute Gasteiger partial charge is 0.311 e. The van der Waals surface area contributed by atoms with Crippen molar-refractivity contribution in [3.05, 3.63) is 0 Å². The summed E-state index contributed by atoms with van der Waals surface area (Å²) >= 11 is 0. The molecule has 2 nitrogen and oxygen atoms in total. The van der Waals surface area contributed by atoms with Gasteiger partial charge in [0.05, 0.1) is 0 Å². The van der Waals surface area contributed by atoms with Gasteiger partial charge >= 0.3 is 0 Å². The summed E-state index contributed by atoms with van der Waals surface area (Å²) in [5, 5.41) is 3.57. The van der Waals surface area contributed by atoms with Crippen molar-refractivity contribution in [2.75, 3.05) is 13.1 Å². The molecular weight excluding hydrogens is 184 g/mol. The van der Waals surface area contributed by atoms with Crippen molar-refractivity contribution in [1.29, 1.82) is 0 Å². The van der Waals surface area contributed by atoms with Crippen molar-refractivity contribution in [2.24, 2.45) is 5.92 Å². The second-order valence-electron chi connectivity index (χ2n) is 5.60. The van der Waals surface area contributed by atoms with E-state index in [1.54, 1.807) is 0 Å². The molecular formula is C13H26N2. The van der Waals surface area contributed by atoms with Gasteiger partial charge in [-0.25, -0.2) is 0 Å². The highest BCUT2D eigenvalue weighted by molar-refractivity contribution is 4.88. The van der Waals surface area contributed by atoms with E-state index in [4.69, 9.17) is 0 Å². The van der Waals surface area contributed by atoms with Gasteiger partial charge in [-0.3, -0.25) is 4.90 Å². The number of rotatable bonds is 4. The molecule has 0 aromatic carbocycles. The van der Waals surface area contributed by atoms with Crippen LogP contribution in [0.4, 0.5) is 0 Å². The van der Waals surface area contributed by atoms with Crippen LogP contribution in [0.3, 0.4) is 0 Å². The Morgan fingerprint density at radius 3 is 2.67 bits per heavy atom. The maximum absolute atomic E-state index is 3.57. The monoisotopic (exact) mass is 210 g/mol. The van der Waals surface area contributed by atoms with Crippen LogP contribution < -0.4 is 5.32 Å². The summed E-state index contributed by atoms with van der Waals surface area (Å²) in [6.45, 7) is 9.44. The highest BCUT2D eigenvalue weighted by Crippen LogP contribution is 2.36. The second kappa shape index (κ2) is 4.84. The minimum absolute atomic E-state index is 0.675. The van der Waals surface area contributed by atoms with Gasteiger partial charge in [0.15, 0.2) is 0 Å². The Hall–Kier alpha value is -0.0800. The zero-order valence-corrected chi connectivity index (χ0v) is 10.5. The molecule has 2 heteroatoms. The molecule has 1 saturated carbocycles. The van der Waals surface area contributed by atoms with E-state index in [-0.39, 0.29) is 0 Å². The van der Waals surface area contributed by atoms with E-state index in [9.17, 15) is 0 Å². The van der Waals surface area contributed by atoms with Crippen LogP contribution in [0.25, 0.3) is 0 Å². The second-order valence-corrected chi connectivity index (χ2v) is 5.60. The van der Waals surface area contributed by atoms with Crippen molar-refractivity contribution in [1.82, 2.24) is 10.2 Å². The molecule has 0 bridgehead atoms. The molecule has 0 aromatic rings. The van der Waals surface area contributed by atoms with E-state index in [0.717, 1.165) is 18.0 Å². The van der Waals surface area contributed by atoms with Gasteiger partial charge in [0.2, 0.25) is 0 Å². The number of hydrogen-bond donors (Lipinski definition) is 1. The summed E-state index contributed by atoms with van der Waals surface area (Å²) < 4.78 is 0. The average Bonchev–Trinajstić information content (AvgIpc) is 3.02. The summed E-state index contributed by atoms with van der Waals surface area (Å²) in [6, 6.07) is 2.25. The third kappa shape index (κ3) is 2.94. The quantitative estimate of drug-likeness (QED) is 0.765. The molecule has 1 saturated heterocycles. The summed E-state index contributed by atoms with van der Waals surface area (Å²) in [4.78, 5) is 2.75. The molecule has 1 aliphatic carbocycles. The van der Waals surface area contributed by atoms with Gasteiger partial charge in [-0.15, -0.1) is 0 Å². The SMILES string of the molecule is CCC(CC1CC1)N1CC(C)NCC1C. The fraction of sp³-hybridized carbons (Fsp3) is 1.00. The third-order valence-corrected chi connectivity index (χ3v) is 4.06. The highest BCUT2D eigenvalue weighted by Gasteiger charge is 2.32. The Morgan fingerprint density at radius 1 is 1.33 bits per heavy atom. The van der Waals surface area contributed by atoms with E-state index in [2.05, 4.69) is 31.0 Å². The van der Waals surface area contributed by atoms with Gasteiger partial charge in [0.25, 0.3) is 0 Å². The van der Waals surface area contributed by atoms with Crippen LogP contribution in [0.5, 0.6) is 0 Å². The molecule has 1 heterocycles. The van der Waals surface area contributed by atoms with Gasteiger partial charge in [0.1, 0.15) is 0 Å². The number of hydrogen-bond acceptors (Lipinski definition) is 2. The van der Waals surface area contributed by atoms with Crippen LogP contribution in [0.15, 0.2) is 0 Å². The first-order valence-electron chi connectivity index (χ1n) is 6.69. The third-order valence-electron chi connectivity index (χ3n) is 4.06. The normalized spacial score (nSPS) is 35.4. The van der Waals surface area contributed by atoms with Crippen molar-refractivity contribution < 1.29 is 0 Å². The van der Waals surface area contributed by atoms with Gasteiger partial charge in [-0.2, -0.15) is 0 Å². The number of piperazine rings is 1. The van der Waals surface area contributed by atoms with Crippen LogP contribution in [0.1, 0.15) is 46.5 Å². The fourth-order valence-corrected chi connectivity index (χ4v) is 2.83. The lowest BCUT2D eigenvalue weighted by molar-refractivity contribution is 0.0844. The summed E-state index contributed by atoms with van der Waals surface area (Å²) in [5.41, 5.74) is 0. The van der Waals surface area contributed by atoms with Crippen LogP contribution in [-0.2, 0) is 0 Å². The molecule has 1 aliphatic heterocycles. The maximum Gasteiger partial charge on any atom is 0.0196 e. The Bertz CT molecular complexity index is 201.